The molecule has 0 bridgehead atoms. The third-order valence-corrected chi connectivity index (χ3v) is 6.20. The zero-order valence-electron chi connectivity index (χ0n) is 24.4. The van der Waals surface area contributed by atoms with Crippen molar-refractivity contribution in [1.82, 2.24) is 34.8 Å². The predicted octanol–water partition coefficient (Wildman–Crippen LogP) is 4.40. The number of carbonyl (C=O) groups excluding carboxylic acids is 2. The van der Waals surface area contributed by atoms with Crippen molar-refractivity contribution in [1.29, 1.82) is 0 Å². The highest BCUT2D eigenvalue weighted by molar-refractivity contribution is 5.96. The Labute approximate surface area is 250 Å². The summed E-state index contributed by atoms with van der Waals surface area (Å²) in [5.41, 5.74) is 5.44. The van der Waals surface area contributed by atoms with Gasteiger partial charge in [0.2, 0.25) is 5.91 Å². The van der Waals surface area contributed by atoms with Crippen LogP contribution < -0.4 is 21.7 Å². The van der Waals surface area contributed by atoms with Crippen molar-refractivity contribution < 1.29 is 31.5 Å². The summed E-state index contributed by atoms with van der Waals surface area (Å²) in [4.78, 5) is 32.4. The molecule has 44 heavy (non-hydrogen) atoms. The monoisotopic (exact) mass is 623 g/mol. The van der Waals surface area contributed by atoms with Gasteiger partial charge in [0.25, 0.3) is 12.3 Å². The Morgan fingerprint density at radius 3 is 2.48 bits per heavy atom. The number of halogens is 5. The summed E-state index contributed by atoms with van der Waals surface area (Å²) in [6.07, 6.45) is -1.85. The van der Waals surface area contributed by atoms with Gasteiger partial charge in [0, 0.05) is 42.9 Å². The first-order valence-electron chi connectivity index (χ1n) is 13.9. The molecular weight excluding hydrogens is 589 g/mol. The van der Waals surface area contributed by atoms with Crippen LogP contribution in [0.4, 0.5) is 33.5 Å². The number of fused-ring (bicyclic) bond motifs is 1. The van der Waals surface area contributed by atoms with Crippen LogP contribution in [0.1, 0.15) is 48.8 Å². The Morgan fingerprint density at radius 1 is 1.09 bits per heavy atom. The van der Waals surface area contributed by atoms with Gasteiger partial charge in [-0.15, -0.1) is 0 Å². The molecule has 4 aromatic rings. The van der Waals surface area contributed by atoms with Crippen molar-refractivity contribution in [2.24, 2.45) is 5.73 Å². The van der Waals surface area contributed by atoms with E-state index in [4.69, 9.17) is 5.73 Å². The highest BCUT2D eigenvalue weighted by Crippen LogP contribution is 2.37. The lowest BCUT2D eigenvalue weighted by atomic mass is 10.0. The topological polar surface area (TPSA) is 144 Å². The average molecular weight is 624 g/mol. The fraction of sp³-hybridized carbons (Fsp3) is 0.393. The van der Waals surface area contributed by atoms with Crippen molar-refractivity contribution in [3.8, 4) is 11.3 Å². The summed E-state index contributed by atoms with van der Waals surface area (Å²) in [6.45, 7) is 5.51. The minimum Gasteiger partial charge on any atom is -0.355 e. The third-order valence-electron chi connectivity index (χ3n) is 6.20. The maximum Gasteiger partial charge on any atom is 0.435 e. The predicted molar refractivity (Wildman–Crippen MR) is 155 cm³/mol. The molecule has 238 valence electrons. The molecule has 0 aliphatic carbocycles. The summed E-state index contributed by atoms with van der Waals surface area (Å²) in [5.74, 6) is -0.341. The highest BCUT2D eigenvalue weighted by atomic mass is 19.4. The molecule has 0 atom stereocenters. The van der Waals surface area contributed by atoms with Crippen LogP contribution in [0.15, 0.2) is 43.0 Å². The number of rotatable bonds is 12. The summed E-state index contributed by atoms with van der Waals surface area (Å²) in [6, 6.07) is 5.04. The van der Waals surface area contributed by atoms with E-state index in [0.29, 0.717) is 41.9 Å². The molecule has 0 radical (unpaired) electrons. The van der Waals surface area contributed by atoms with Gasteiger partial charge in [-0.3, -0.25) is 18.7 Å². The molecule has 0 aliphatic heterocycles. The van der Waals surface area contributed by atoms with Crippen molar-refractivity contribution in [2.75, 3.05) is 25.0 Å². The minimum absolute atomic E-state index is 0.00727. The quantitative estimate of drug-likeness (QED) is 0.135. The van der Waals surface area contributed by atoms with Crippen molar-refractivity contribution in [3.05, 3.63) is 59.8 Å². The number of imidazole rings is 1. The second-order valence-electron chi connectivity index (χ2n) is 9.13. The van der Waals surface area contributed by atoms with Crippen LogP contribution in [0, 0.1) is 0 Å². The maximum absolute atomic E-state index is 13.7. The van der Waals surface area contributed by atoms with Crippen molar-refractivity contribution >= 4 is 29.0 Å². The SMILES string of the molecule is CC.CCc1cc(Nc2nccn3c(-c4cn(CC(F)F)nc4C(F)(F)F)cnc23)ccc1C(=O)NCCCNC(=O)CN. The number of nitrogens with two attached hydrogens (primary N) is 1. The Bertz CT molecular complexity index is 1570. The molecule has 0 saturated heterocycles. The molecule has 0 saturated carbocycles. The Kier molecular flexibility index (Phi) is 11.7. The molecule has 3 aromatic heterocycles. The number of aromatic nitrogens is 5. The maximum atomic E-state index is 13.7. The van der Waals surface area contributed by atoms with E-state index in [2.05, 4.69) is 31.0 Å². The van der Waals surface area contributed by atoms with Crippen LogP contribution in [0.5, 0.6) is 0 Å². The first kappa shape index (κ1) is 33.9. The fourth-order valence-corrected chi connectivity index (χ4v) is 4.27. The zero-order valence-corrected chi connectivity index (χ0v) is 24.4. The Balaban J connectivity index is 0.00000259. The number of nitrogens with one attached hydrogen (secondary N) is 3. The number of amides is 2. The van der Waals surface area contributed by atoms with E-state index in [9.17, 15) is 31.5 Å². The number of hydrogen-bond acceptors (Lipinski definition) is 7. The van der Waals surface area contributed by atoms with Gasteiger partial charge in [0.1, 0.15) is 6.54 Å². The van der Waals surface area contributed by atoms with Crippen LogP contribution in [-0.4, -0.2) is 62.0 Å². The minimum atomic E-state index is -4.88. The van der Waals surface area contributed by atoms with E-state index in [0.717, 1.165) is 11.8 Å². The molecule has 5 N–H and O–H groups in total. The first-order chi connectivity index (χ1) is 21.0. The van der Waals surface area contributed by atoms with Crippen LogP contribution in [0.3, 0.4) is 0 Å². The molecule has 0 spiro atoms. The summed E-state index contributed by atoms with van der Waals surface area (Å²) >= 11 is 0. The molecular formula is C28H34F5N9O2. The highest BCUT2D eigenvalue weighted by Gasteiger charge is 2.38. The van der Waals surface area contributed by atoms with Gasteiger partial charge < -0.3 is 21.7 Å². The van der Waals surface area contributed by atoms with Gasteiger partial charge in [-0.25, -0.2) is 18.7 Å². The van der Waals surface area contributed by atoms with Crippen LogP contribution >= 0.6 is 0 Å². The Morgan fingerprint density at radius 2 is 1.82 bits per heavy atom. The number of alkyl halides is 5. The van der Waals surface area contributed by atoms with E-state index < -0.39 is 30.4 Å². The molecule has 2 amide bonds. The fourth-order valence-electron chi connectivity index (χ4n) is 4.27. The number of aryl methyl sites for hydroxylation is 1. The smallest absolute Gasteiger partial charge is 0.355 e. The van der Waals surface area contributed by atoms with Gasteiger partial charge in [0.15, 0.2) is 17.2 Å². The molecule has 0 aliphatic rings. The van der Waals surface area contributed by atoms with Crippen molar-refractivity contribution in [2.45, 2.75) is 52.8 Å². The van der Waals surface area contributed by atoms with Crippen molar-refractivity contribution in [3.63, 3.8) is 0 Å². The van der Waals surface area contributed by atoms with E-state index in [1.165, 1.54) is 23.0 Å². The lowest BCUT2D eigenvalue weighted by Gasteiger charge is -2.13. The zero-order chi connectivity index (χ0) is 32.4. The van der Waals surface area contributed by atoms with E-state index in [1.54, 1.807) is 18.2 Å². The number of benzene rings is 1. The summed E-state index contributed by atoms with van der Waals surface area (Å²) in [5, 5.41) is 11.9. The lowest BCUT2D eigenvalue weighted by Crippen LogP contribution is -2.33. The molecule has 3 heterocycles. The molecule has 4 rings (SSSR count). The molecule has 1 aromatic carbocycles. The molecule has 0 unspecified atom stereocenters. The normalized spacial score (nSPS) is 11.3. The molecule has 11 nitrogen and oxygen atoms in total. The summed E-state index contributed by atoms with van der Waals surface area (Å²) < 4.78 is 68.7. The van der Waals surface area contributed by atoms with Gasteiger partial charge >= 0.3 is 6.18 Å². The standard InChI is InChI=1S/C26H28F5N9O2.C2H6/c1-2-15-10-16(4-5-17(15)25(42)35-7-3-6-33-21(41)11-32)37-23-24-36-12-19(40(24)9-8-34-23)18-13-39(14-20(27)28)38-22(18)26(29,30)31;1-2/h4-5,8-10,12-13,20H,2-3,6-7,11,14,32H2,1H3,(H,33,41)(H,34,37)(H,35,42);1-2H3. The van der Waals surface area contributed by atoms with Crippen LogP contribution in [0.2, 0.25) is 0 Å². The second-order valence-corrected chi connectivity index (χ2v) is 9.13. The number of anilines is 2. The third kappa shape index (κ3) is 8.27. The van der Waals surface area contributed by atoms with E-state index >= 15 is 0 Å². The number of hydrogen-bond donors (Lipinski definition) is 4. The Hall–Kier alpha value is -4.60. The van der Waals surface area contributed by atoms with Crippen LogP contribution in [0.25, 0.3) is 16.9 Å². The first-order valence-corrected chi connectivity index (χ1v) is 13.9. The average Bonchev–Trinajstić information content (AvgIpc) is 3.62. The van der Waals surface area contributed by atoms with Gasteiger partial charge in [-0.05, 0) is 36.6 Å². The van der Waals surface area contributed by atoms with E-state index in [1.807, 2.05) is 20.8 Å². The molecule has 16 heteroatoms. The van der Waals surface area contributed by atoms with Crippen LogP contribution in [-0.2, 0) is 23.9 Å². The number of carbonyl (C=O) groups is 2. The van der Waals surface area contributed by atoms with Gasteiger partial charge in [-0.2, -0.15) is 18.3 Å². The summed E-state index contributed by atoms with van der Waals surface area (Å²) in [7, 11) is 0. The van der Waals surface area contributed by atoms with E-state index in [-0.39, 0.29) is 35.5 Å². The second kappa shape index (κ2) is 15.2. The van der Waals surface area contributed by atoms with Gasteiger partial charge in [-0.1, -0.05) is 20.8 Å². The van der Waals surface area contributed by atoms with Gasteiger partial charge in [0.05, 0.1) is 24.0 Å². The lowest BCUT2D eigenvalue weighted by molar-refractivity contribution is -0.141. The largest absolute Gasteiger partial charge is 0.435 e. The number of nitrogens with zero attached hydrogens (tertiary/aromatic N) is 5. The molecule has 0 fully saturated rings.